The molecule has 1 aliphatic rings. The first-order chi connectivity index (χ1) is 8.04. The number of hydrogen-bond donors (Lipinski definition) is 1. The molecule has 1 fully saturated rings. The Morgan fingerprint density at radius 1 is 1.29 bits per heavy atom. The number of hydrogen-bond acceptors (Lipinski definition) is 3. The van der Waals surface area contributed by atoms with E-state index < -0.39 is 0 Å². The molecule has 0 aliphatic heterocycles. The van der Waals surface area contributed by atoms with E-state index in [4.69, 9.17) is 10.6 Å². The molecule has 1 saturated carbocycles. The molecule has 17 heavy (non-hydrogen) atoms. The molecule has 0 spiro atoms. The fourth-order valence-corrected chi connectivity index (χ4v) is 1.87. The molecular formula is C13H28N2O2. The van der Waals surface area contributed by atoms with E-state index in [0.29, 0.717) is 18.4 Å². The third-order valence-corrected chi connectivity index (χ3v) is 2.98. The highest BCUT2D eigenvalue weighted by Gasteiger charge is 2.22. The fourth-order valence-electron chi connectivity index (χ4n) is 1.87. The Kier molecular flexibility index (Phi) is 9.09. The van der Waals surface area contributed by atoms with Crippen LogP contribution >= 0.6 is 0 Å². The second-order valence-electron chi connectivity index (χ2n) is 4.77. The maximum Gasteiger partial charge on any atom is 0.246 e. The van der Waals surface area contributed by atoms with Crippen molar-refractivity contribution in [1.29, 1.82) is 0 Å². The van der Waals surface area contributed by atoms with E-state index in [-0.39, 0.29) is 5.91 Å². The molecule has 1 aliphatic carbocycles. The van der Waals surface area contributed by atoms with E-state index in [1.54, 1.807) is 7.05 Å². The summed E-state index contributed by atoms with van der Waals surface area (Å²) in [5.41, 5.74) is 5.79. The molecule has 4 heteroatoms. The number of carbonyl (C=O) groups is 1. The lowest BCUT2D eigenvalue weighted by Crippen LogP contribution is -2.31. The molecule has 0 saturated heterocycles. The zero-order valence-electron chi connectivity index (χ0n) is 11.7. The highest BCUT2D eigenvalue weighted by atomic mass is 16.7. The van der Waals surface area contributed by atoms with E-state index in [1.165, 1.54) is 18.6 Å². The van der Waals surface area contributed by atoms with Gasteiger partial charge in [-0.3, -0.25) is 9.63 Å². The van der Waals surface area contributed by atoms with Crippen LogP contribution in [0.25, 0.3) is 0 Å². The smallest absolute Gasteiger partial charge is 0.246 e. The molecule has 0 aromatic rings. The van der Waals surface area contributed by atoms with Crippen molar-refractivity contribution >= 4 is 5.91 Å². The van der Waals surface area contributed by atoms with E-state index >= 15 is 0 Å². The van der Waals surface area contributed by atoms with Gasteiger partial charge >= 0.3 is 0 Å². The SMILES string of the molecule is CCC.CON(C)C(=O)CC1CCC(N)CC1. The summed E-state index contributed by atoms with van der Waals surface area (Å²) in [6.45, 7) is 4.25. The fraction of sp³-hybridized carbons (Fsp3) is 0.923. The molecule has 4 nitrogen and oxygen atoms in total. The van der Waals surface area contributed by atoms with Crippen molar-refractivity contribution in [2.45, 2.75) is 58.4 Å². The predicted octanol–water partition coefficient (Wildman–Crippen LogP) is 2.33. The van der Waals surface area contributed by atoms with E-state index in [2.05, 4.69) is 13.8 Å². The Hall–Kier alpha value is -0.610. The molecule has 0 atom stereocenters. The second kappa shape index (κ2) is 9.42. The summed E-state index contributed by atoms with van der Waals surface area (Å²) in [4.78, 5) is 16.3. The summed E-state index contributed by atoms with van der Waals surface area (Å²) in [5, 5.41) is 1.30. The van der Waals surface area contributed by atoms with Crippen LogP contribution in [-0.2, 0) is 9.63 Å². The molecule has 1 rings (SSSR count). The van der Waals surface area contributed by atoms with E-state index in [9.17, 15) is 4.79 Å². The van der Waals surface area contributed by atoms with Gasteiger partial charge in [0, 0.05) is 19.5 Å². The van der Waals surface area contributed by atoms with Gasteiger partial charge in [-0.2, -0.15) is 0 Å². The third kappa shape index (κ3) is 7.34. The standard InChI is InChI=1S/C10H20N2O2.C3H8/c1-12(14-2)10(13)7-8-3-5-9(11)6-4-8;1-3-2/h8-9H,3-7,11H2,1-2H3;3H2,1-2H3. The van der Waals surface area contributed by atoms with Crippen LogP contribution in [0.5, 0.6) is 0 Å². The van der Waals surface area contributed by atoms with Crippen molar-refractivity contribution in [3.05, 3.63) is 0 Å². The number of hydroxylamine groups is 2. The number of carbonyl (C=O) groups excluding carboxylic acids is 1. The van der Waals surface area contributed by atoms with Crippen LogP contribution in [-0.4, -0.2) is 31.2 Å². The van der Waals surface area contributed by atoms with Crippen LogP contribution in [0.15, 0.2) is 0 Å². The van der Waals surface area contributed by atoms with E-state index in [1.807, 2.05) is 0 Å². The monoisotopic (exact) mass is 244 g/mol. The third-order valence-electron chi connectivity index (χ3n) is 2.98. The average Bonchev–Trinajstić information content (AvgIpc) is 2.32. The molecule has 102 valence electrons. The van der Waals surface area contributed by atoms with Gasteiger partial charge in [-0.25, -0.2) is 5.06 Å². The second-order valence-corrected chi connectivity index (χ2v) is 4.77. The minimum absolute atomic E-state index is 0.0629. The van der Waals surface area contributed by atoms with Gasteiger partial charge in [0.15, 0.2) is 0 Å². The lowest BCUT2D eigenvalue weighted by molar-refractivity contribution is -0.169. The summed E-state index contributed by atoms with van der Waals surface area (Å²) in [6.07, 6.45) is 6.09. The Labute approximate surface area is 105 Å². The Balaban J connectivity index is 0.000000770. The van der Waals surface area contributed by atoms with E-state index in [0.717, 1.165) is 25.7 Å². The molecule has 0 bridgehead atoms. The Morgan fingerprint density at radius 3 is 2.18 bits per heavy atom. The van der Waals surface area contributed by atoms with Gasteiger partial charge in [0.1, 0.15) is 0 Å². The highest BCUT2D eigenvalue weighted by Crippen LogP contribution is 2.26. The molecular weight excluding hydrogens is 216 g/mol. The van der Waals surface area contributed by atoms with Gasteiger partial charge in [-0.1, -0.05) is 20.3 Å². The van der Waals surface area contributed by atoms with Gasteiger partial charge in [-0.15, -0.1) is 0 Å². The lowest BCUT2D eigenvalue weighted by Gasteiger charge is -2.26. The van der Waals surface area contributed by atoms with Crippen LogP contribution in [0, 0.1) is 5.92 Å². The Bertz CT molecular complexity index is 202. The van der Waals surface area contributed by atoms with Crippen molar-refractivity contribution in [3.63, 3.8) is 0 Å². The quantitative estimate of drug-likeness (QED) is 0.775. The first-order valence-electron chi connectivity index (χ1n) is 6.61. The first-order valence-corrected chi connectivity index (χ1v) is 6.61. The maximum atomic E-state index is 11.5. The molecule has 0 heterocycles. The topological polar surface area (TPSA) is 55.6 Å². The van der Waals surface area contributed by atoms with Crippen molar-refractivity contribution in [2.75, 3.05) is 14.2 Å². The van der Waals surface area contributed by atoms with Crippen molar-refractivity contribution in [2.24, 2.45) is 11.7 Å². The molecule has 0 unspecified atom stereocenters. The first kappa shape index (κ1) is 16.4. The van der Waals surface area contributed by atoms with Crippen LogP contribution in [0.2, 0.25) is 0 Å². The van der Waals surface area contributed by atoms with Crippen LogP contribution in [0.1, 0.15) is 52.4 Å². The highest BCUT2D eigenvalue weighted by molar-refractivity contribution is 5.75. The predicted molar refractivity (Wildman–Crippen MR) is 70.3 cm³/mol. The summed E-state index contributed by atoms with van der Waals surface area (Å²) < 4.78 is 0. The van der Waals surface area contributed by atoms with Crippen molar-refractivity contribution < 1.29 is 9.63 Å². The van der Waals surface area contributed by atoms with Crippen LogP contribution in [0.3, 0.4) is 0 Å². The van der Waals surface area contributed by atoms with Gasteiger partial charge in [0.2, 0.25) is 5.91 Å². The number of amides is 1. The molecule has 0 aromatic carbocycles. The average molecular weight is 244 g/mol. The van der Waals surface area contributed by atoms with Crippen LogP contribution < -0.4 is 5.73 Å². The lowest BCUT2D eigenvalue weighted by atomic mass is 9.84. The summed E-state index contributed by atoms with van der Waals surface area (Å²) >= 11 is 0. The zero-order chi connectivity index (χ0) is 13.3. The molecule has 1 amide bonds. The normalized spacial score (nSPS) is 23.6. The Morgan fingerprint density at radius 2 is 1.76 bits per heavy atom. The van der Waals surface area contributed by atoms with Crippen molar-refractivity contribution in [3.8, 4) is 0 Å². The van der Waals surface area contributed by atoms with Crippen molar-refractivity contribution in [1.82, 2.24) is 5.06 Å². The van der Waals surface area contributed by atoms with Gasteiger partial charge < -0.3 is 5.73 Å². The summed E-state index contributed by atoms with van der Waals surface area (Å²) in [7, 11) is 3.16. The van der Waals surface area contributed by atoms with Gasteiger partial charge in [0.05, 0.1) is 7.11 Å². The molecule has 0 radical (unpaired) electrons. The number of nitrogens with two attached hydrogens (primary N) is 1. The minimum Gasteiger partial charge on any atom is -0.328 e. The summed E-state index contributed by atoms with van der Waals surface area (Å²) in [6, 6.07) is 0.349. The number of nitrogens with zero attached hydrogens (tertiary/aromatic N) is 1. The van der Waals surface area contributed by atoms with Gasteiger partial charge in [-0.05, 0) is 31.6 Å². The maximum absolute atomic E-state index is 11.5. The summed E-state index contributed by atoms with van der Waals surface area (Å²) in [5.74, 6) is 0.563. The molecule has 0 aromatic heterocycles. The zero-order valence-corrected chi connectivity index (χ0v) is 11.7. The van der Waals surface area contributed by atoms with Gasteiger partial charge in [0.25, 0.3) is 0 Å². The molecule has 2 N–H and O–H groups in total. The largest absolute Gasteiger partial charge is 0.328 e. The minimum atomic E-state index is 0.0629. The van der Waals surface area contributed by atoms with Crippen LogP contribution in [0.4, 0.5) is 0 Å². The number of rotatable bonds is 3.